The maximum absolute atomic E-state index is 7.00. The van der Waals surface area contributed by atoms with Gasteiger partial charge in [-0.3, -0.25) is 0 Å². The third-order valence-corrected chi connectivity index (χ3v) is 1.26. The quantitative estimate of drug-likeness (QED) is 0.475. The molecule has 4 heteroatoms. The molecule has 0 fully saturated rings. The summed E-state index contributed by atoms with van der Waals surface area (Å²) in [6.07, 6.45) is 5.15. The highest BCUT2D eigenvalue weighted by Crippen LogP contribution is 2.09. The number of hydrogen-bond acceptors (Lipinski definition) is 3. The predicted molar refractivity (Wildman–Crippen MR) is 51.1 cm³/mol. The molecule has 67 valence electrons. The first-order valence-electron chi connectivity index (χ1n) is 3.49. The summed E-state index contributed by atoms with van der Waals surface area (Å²) in [5.74, 6) is 3.36. The fourth-order valence-corrected chi connectivity index (χ4v) is 0.687. The van der Waals surface area contributed by atoms with Gasteiger partial charge in [-0.2, -0.15) is 0 Å². The van der Waals surface area contributed by atoms with E-state index in [2.05, 4.69) is 5.92 Å². The van der Waals surface area contributed by atoms with Gasteiger partial charge in [0.05, 0.1) is 7.11 Å². The van der Waals surface area contributed by atoms with Crippen LogP contribution < -0.4 is 4.74 Å². The number of ether oxygens (including phenoxy) is 1. The van der Waals surface area contributed by atoms with Crippen molar-refractivity contribution in [2.75, 3.05) is 7.11 Å². The lowest BCUT2D eigenvalue weighted by Gasteiger charge is -1.96. The van der Waals surface area contributed by atoms with Crippen LogP contribution in [0, 0.1) is 12.3 Å². The zero-order valence-corrected chi connectivity index (χ0v) is 7.27. The Hall–Kier alpha value is -1.44. The molecule has 0 saturated heterocycles. The van der Waals surface area contributed by atoms with E-state index in [1.54, 1.807) is 7.11 Å². The zero-order chi connectivity index (χ0) is 10.1. The van der Waals surface area contributed by atoms with Crippen LogP contribution in [0.2, 0.25) is 0 Å². The Kier molecular flexibility index (Phi) is 6.43. The van der Waals surface area contributed by atoms with E-state index >= 15 is 0 Å². The number of benzene rings is 1. The molecule has 1 rings (SSSR count). The van der Waals surface area contributed by atoms with Gasteiger partial charge in [-0.15, -0.1) is 6.42 Å². The van der Waals surface area contributed by atoms with Gasteiger partial charge in [-0.1, -0.05) is 5.92 Å². The Morgan fingerprint density at radius 3 is 2.08 bits per heavy atom. The van der Waals surface area contributed by atoms with Gasteiger partial charge in [0.25, 0.3) is 0 Å². The van der Waals surface area contributed by atoms with Gasteiger partial charge in [0, 0.05) is 5.56 Å². The average molecular weight is 177 g/mol. The molecule has 0 amide bonds. The lowest BCUT2D eigenvalue weighted by Crippen LogP contribution is -1.81. The molecular formula is C9H10BO3. The van der Waals surface area contributed by atoms with Crippen LogP contribution in [0.3, 0.4) is 0 Å². The van der Waals surface area contributed by atoms with Crippen molar-refractivity contribution in [1.82, 2.24) is 0 Å². The van der Waals surface area contributed by atoms with Gasteiger partial charge in [-0.05, 0) is 24.3 Å². The molecular weight excluding hydrogens is 167 g/mol. The maximum Gasteiger partial charge on any atom is 0.482 e. The minimum Gasteiger partial charge on any atom is -0.497 e. The molecule has 0 aromatic heterocycles. The zero-order valence-electron chi connectivity index (χ0n) is 7.27. The van der Waals surface area contributed by atoms with E-state index in [0.717, 1.165) is 11.3 Å². The Balaban J connectivity index is 0.000000424. The van der Waals surface area contributed by atoms with Crippen molar-refractivity contribution < 1.29 is 14.8 Å². The number of terminal acetylenes is 1. The third kappa shape index (κ3) is 4.91. The van der Waals surface area contributed by atoms with Crippen molar-refractivity contribution in [2.24, 2.45) is 0 Å². The van der Waals surface area contributed by atoms with Gasteiger partial charge in [0.2, 0.25) is 0 Å². The second-order valence-corrected chi connectivity index (χ2v) is 1.99. The van der Waals surface area contributed by atoms with E-state index in [1.807, 2.05) is 24.3 Å². The topological polar surface area (TPSA) is 49.7 Å². The van der Waals surface area contributed by atoms with Crippen LogP contribution in [-0.4, -0.2) is 24.8 Å². The van der Waals surface area contributed by atoms with Crippen molar-refractivity contribution >= 4 is 7.69 Å². The highest BCUT2D eigenvalue weighted by atomic mass is 16.5. The summed E-state index contributed by atoms with van der Waals surface area (Å²) in [6.45, 7) is 0. The van der Waals surface area contributed by atoms with E-state index in [9.17, 15) is 0 Å². The molecule has 1 aromatic carbocycles. The molecule has 1 aromatic rings. The SMILES string of the molecule is C#Cc1ccc(OC)cc1.O[B]O. The van der Waals surface area contributed by atoms with Crippen molar-refractivity contribution in [3.05, 3.63) is 29.8 Å². The normalized spacial score (nSPS) is 7.54. The van der Waals surface area contributed by atoms with Crippen LogP contribution in [-0.2, 0) is 0 Å². The van der Waals surface area contributed by atoms with Crippen LogP contribution in [0.25, 0.3) is 0 Å². The van der Waals surface area contributed by atoms with Gasteiger partial charge in [0.15, 0.2) is 0 Å². The molecule has 0 spiro atoms. The van der Waals surface area contributed by atoms with Gasteiger partial charge < -0.3 is 14.8 Å². The first-order valence-corrected chi connectivity index (χ1v) is 3.49. The first kappa shape index (κ1) is 11.6. The van der Waals surface area contributed by atoms with E-state index in [-0.39, 0.29) is 7.69 Å². The van der Waals surface area contributed by atoms with Crippen LogP contribution in [0.4, 0.5) is 0 Å². The van der Waals surface area contributed by atoms with Crippen molar-refractivity contribution in [3.63, 3.8) is 0 Å². The van der Waals surface area contributed by atoms with Crippen LogP contribution in [0.5, 0.6) is 5.75 Å². The summed E-state index contributed by atoms with van der Waals surface area (Å²) >= 11 is 0. The van der Waals surface area contributed by atoms with Crippen LogP contribution >= 0.6 is 0 Å². The average Bonchev–Trinajstić information content (AvgIpc) is 2.19. The van der Waals surface area contributed by atoms with E-state index in [0.29, 0.717) is 0 Å². The summed E-state index contributed by atoms with van der Waals surface area (Å²) < 4.78 is 4.95. The Bertz CT molecular complexity index is 263. The number of methoxy groups -OCH3 is 1. The van der Waals surface area contributed by atoms with Gasteiger partial charge >= 0.3 is 7.69 Å². The Morgan fingerprint density at radius 2 is 1.77 bits per heavy atom. The third-order valence-electron chi connectivity index (χ3n) is 1.26. The Labute approximate surface area is 78.3 Å². The second kappa shape index (κ2) is 7.23. The minimum atomic E-state index is 0. The Morgan fingerprint density at radius 1 is 1.31 bits per heavy atom. The molecule has 1 radical (unpaired) electrons. The lowest BCUT2D eigenvalue weighted by molar-refractivity contribution is 0.415. The van der Waals surface area contributed by atoms with Crippen molar-refractivity contribution in [3.8, 4) is 18.1 Å². The van der Waals surface area contributed by atoms with Crippen LogP contribution in [0.1, 0.15) is 5.56 Å². The molecule has 0 aliphatic heterocycles. The number of hydrogen-bond donors (Lipinski definition) is 2. The summed E-state index contributed by atoms with van der Waals surface area (Å²) in [6, 6.07) is 7.38. The summed E-state index contributed by atoms with van der Waals surface area (Å²) in [7, 11) is 1.63. The fourth-order valence-electron chi connectivity index (χ4n) is 0.687. The largest absolute Gasteiger partial charge is 0.497 e. The van der Waals surface area contributed by atoms with Crippen molar-refractivity contribution in [2.45, 2.75) is 0 Å². The molecule has 3 nitrogen and oxygen atoms in total. The van der Waals surface area contributed by atoms with Crippen LogP contribution in [0.15, 0.2) is 24.3 Å². The molecule has 0 heterocycles. The van der Waals surface area contributed by atoms with Gasteiger partial charge in [0.1, 0.15) is 5.75 Å². The minimum absolute atomic E-state index is 0. The molecule has 0 unspecified atom stereocenters. The van der Waals surface area contributed by atoms with Crippen molar-refractivity contribution in [1.29, 1.82) is 0 Å². The number of rotatable bonds is 1. The van der Waals surface area contributed by atoms with Gasteiger partial charge in [-0.25, -0.2) is 0 Å². The summed E-state index contributed by atoms with van der Waals surface area (Å²) in [5.41, 5.74) is 0.876. The van der Waals surface area contributed by atoms with E-state index in [4.69, 9.17) is 21.2 Å². The lowest BCUT2D eigenvalue weighted by atomic mass is 10.2. The highest BCUT2D eigenvalue weighted by Gasteiger charge is 1.87. The molecule has 2 N–H and O–H groups in total. The molecule has 0 atom stereocenters. The van der Waals surface area contributed by atoms with E-state index < -0.39 is 0 Å². The maximum atomic E-state index is 7.00. The first-order chi connectivity index (χ1) is 6.28. The monoisotopic (exact) mass is 177 g/mol. The molecule has 0 aliphatic carbocycles. The second-order valence-electron chi connectivity index (χ2n) is 1.99. The molecule has 0 aliphatic rings. The molecule has 0 bridgehead atoms. The predicted octanol–water partition coefficient (Wildman–Crippen LogP) is 0.182. The summed E-state index contributed by atoms with van der Waals surface area (Å²) in [5, 5.41) is 14.0. The standard InChI is InChI=1S/C9H8O.BH2O2/c1-3-8-4-6-9(10-2)7-5-8;2-1-3/h1,4-7H,2H3;2-3H. The molecule has 0 saturated carbocycles. The highest BCUT2D eigenvalue weighted by molar-refractivity contribution is 6.13. The molecule has 13 heavy (non-hydrogen) atoms. The summed E-state index contributed by atoms with van der Waals surface area (Å²) in [4.78, 5) is 0. The smallest absolute Gasteiger partial charge is 0.482 e. The fraction of sp³-hybridized carbons (Fsp3) is 0.111. The van der Waals surface area contributed by atoms with E-state index in [1.165, 1.54) is 0 Å².